The molecule has 0 atom stereocenters. The van der Waals surface area contributed by atoms with E-state index >= 15 is 0 Å². The molecule has 0 saturated carbocycles. The van der Waals surface area contributed by atoms with Crippen LogP contribution in [-0.4, -0.2) is 21.2 Å². The maximum absolute atomic E-state index is 12.7. The topological polar surface area (TPSA) is 105 Å². The van der Waals surface area contributed by atoms with Gasteiger partial charge in [-0.1, -0.05) is 29.3 Å². The molecule has 0 heterocycles. The van der Waals surface area contributed by atoms with E-state index in [1.807, 2.05) is 0 Å². The van der Waals surface area contributed by atoms with Crippen molar-refractivity contribution in [2.75, 3.05) is 10.8 Å². The second-order valence-electron chi connectivity index (χ2n) is 5.66. The molecule has 3 rings (SSSR count). The number of hydrogen-bond acceptors (Lipinski definition) is 6. The first-order valence-corrected chi connectivity index (χ1v) is 9.31. The number of rotatable bonds is 6. The Hall–Kier alpha value is -3.20. The Bertz CT molecular complexity index is 1030. The van der Waals surface area contributed by atoms with Crippen LogP contribution in [0.15, 0.2) is 66.7 Å². The molecule has 0 aliphatic carbocycles. The van der Waals surface area contributed by atoms with E-state index in [4.69, 9.17) is 37.4 Å². The van der Waals surface area contributed by atoms with Gasteiger partial charge >= 0.3 is 5.97 Å². The van der Waals surface area contributed by atoms with Crippen molar-refractivity contribution in [1.29, 1.82) is 0 Å². The van der Waals surface area contributed by atoms with Gasteiger partial charge in [0, 0.05) is 10.7 Å². The molecular formula is C20H14Cl2N2O5S. The van der Waals surface area contributed by atoms with Gasteiger partial charge in [0.1, 0.15) is 0 Å². The highest BCUT2D eigenvalue weighted by Crippen LogP contribution is 2.26. The van der Waals surface area contributed by atoms with Gasteiger partial charge in [-0.15, -0.1) is 0 Å². The molecule has 3 aromatic carbocycles. The molecule has 0 aliphatic rings. The molecule has 0 saturated heterocycles. The average molecular weight is 465 g/mol. The van der Waals surface area contributed by atoms with Crippen molar-refractivity contribution >= 4 is 59.0 Å². The molecule has 3 aromatic rings. The number of aromatic carboxylic acids is 1. The minimum Gasteiger partial charge on any atom is -0.478 e. The fourth-order valence-corrected chi connectivity index (χ4v) is 2.73. The predicted molar refractivity (Wildman–Crippen MR) is 117 cm³/mol. The molecule has 7 nitrogen and oxygen atoms in total. The van der Waals surface area contributed by atoms with Crippen molar-refractivity contribution < 1.29 is 23.7 Å². The summed E-state index contributed by atoms with van der Waals surface area (Å²) in [6.07, 6.45) is 0. The molecule has 0 fully saturated rings. The summed E-state index contributed by atoms with van der Waals surface area (Å²) in [6, 6.07) is 17.4. The Morgan fingerprint density at radius 3 is 2.13 bits per heavy atom. The third-order valence-corrected chi connectivity index (χ3v) is 4.29. The van der Waals surface area contributed by atoms with Crippen molar-refractivity contribution in [2.45, 2.75) is 0 Å². The van der Waals surface area contributed by atoms with Crippen LogP contribution in [0.5, 0.6) is 5.75 Å². The smallest absolute Gasteiger partial charge is 0.335 e. The first kappa shape index (κ1) is 23.1. The fraction of sp³-hybridized carbons (Fsp3) is 0. The highest BCUT2D eigenvalue weighted by atomic mass is 35.5. The lowest BCUT2D eigenvalue weighted by atomic mass is 10.1. The van der Waals surface area contributed by atoms with Gasteiger partial charge in [-0.05, 0) is 60.7 Å². The SMILES string of the molecule is O=C(O)c1ccc(NC(=O)c2c(Cl)cccc2NOc2ccc(Cl)cc2)cc1.O=S. The van der Waals surface area contributed by atoms with Crippen LogP contribution in [0.4, 0.5) is 11.4 Å². The lowest BCUT2D eigenvalue weighted by molar-refractivity contribution is 0.0696. The van der Waals surface area contributed by atoms with E-state index in [0.717, 1.165) is 0 Å². The first-order chi connectivity index (χ1) is 14.4. The zero-order valence-electron chi connectivity index (χ0n) is 15.1. The van der Waals surface area contributed by atoms with Gasteiger partial charge in [-0.2, -0.15) is 4.21 Å². The predicted octanol–water partition coefficient (Wildman–Crippen LogP) is 5.01. The number of amides is 1. The van der Waals surface area contributed by atoms with Crippen molar-refractivity contribution in [3.05, 3.63) is 87.9 Å². The Morgan fingerprint density at radius 2 is 1.53 bits per heavy atom. The van der Waals surface area contributed by atoms with Crippen molar-refractivity contribution in [2.24, 2.45) is 0 Å². The number of carboxylic acids is 1. The maximum atomic E-state index is 12.7. The third kappa shape index (κ3) is 6.15. The molecule has 3 N–H and O–H groups in total. The molecule has 0 spiro atoms. The van der Waals surface area contributed by atoms with E-state index in [0.29, 0.717) is 22.1 Å². The second kappa shape index (κ2) is 11.1. The average Bonchev–Trinajstić information content (AvgIpc) is 2.75. The maximum Gasteiger partial charge on any atom is 0.335 e. The molecular weight excluding hydrogens is 451 g/mol. The number of halogens is 2. The lowest BCUT2D eigenvalue weighted by Crippen LogP contribution is -2.17. The number of carbonyl (C=O) groups is 2. The van der Waals surface area contributed by atoms with Crippen molar-refractivity contribution in [1.82, 2.24) is 0 Å². The van der Waals surface area contributed by atoms with E-state index in [1.54, 1.807) is 42.5 Å². The van der Waals surface area contributed by atoms with Crippen molar-refractivity contribution in [3.8, 4) is 5.75 Å². The van der Waals surface area contributed by atoms with Gasteiger partial charge in [-0.25, -0.2) is 10.3 Å². The van der Waals surface area contributed by atoms with E-state index in [2.05, 4.69) is 23.3 Å². The summed E-state index contributed by atoms with van der Waals surface area (Å²) in [6.45, 7) is 0. The Kier molecular flexibility index (Phi) is 8.54. The van der Waals surface area contributed by atoms with Crippen LogP contribution in [0.1, 0.15) is 20.7 Å². The number of carbonyl (C=O) groups excluding carboxylic acids is 1. The minimum atomic E-state index is -1.05. The van der Waals surface area contributed by atoms with Gasteiger partial charge in [0.2, 0.25) is 0 Å². The largest absolute Gasteiger partial charge is 0.478 e. The molecule has 0 unspecified atom stereocenters. The highest BCUT2D eigenvalue weighted by Gasteiger charge is 2.17. The standard InChI is InChI=1S/C20H14Cl2N2O4.OS/c21-13-6-10-15(11-7-13)28-24-17-3-1-2-16(22)18(17)19(25)23-14-8-4-12(5-9-14)20(26)27;1-2/h1-11,24H,(H,23,25)(H,26,27);. The second-order valence-corrected chi connectivity index (χ2v) is 6.50. The molecule has 30 heavy (non-hydrogen) atoms. The third-order valence-electron chi connectivity index (χ3n) is 3.72. The number of benzene rings is 3. The van der Waals surface area contributed by atoms with Crippen LogP contribution in [0.25, 0.3) is 0 Å². The molecule has 0 radical (unpaired) electrons. The Morgan fingerprint density at radius 1 is 0.900 bits per heavy atom. The fourth-order valence-electron chi connectivity index (χ4n) is 2.35. The van der Waals surface area contributed by atoms with E-state index < -0.39 is 11.9 Å². The van der Waals surface area contributed by atoms with Crippen molar-refractivity contribution in [3.63, 3.8) is 0 Å². The van der Waals surface area contributed by atoms with Gasteiger partial charge < -0.3 is 15.3 Å². The van der Waals surface area contributed by atoms with Gasteiger partial charge in [0.15, 0.2) is 18.3 Å². The molecule has 10 heteroatoms. The number of anilines is 2. The van der Waals surface area contributed by atoms with Crippen LogP contribution in [0.2, 0.25) is 10.0 Å². The molecule has 154 valence electrons. The van der Waals surface area contributed by atoms with Crippen LogP contribution in [0.3, 0.4) is 0 Å². The summed E-state index contributed by atoms with van der Waals surface area (Å²) >= 11 is 14.9. The molecule has 0 aromatic heterocycles. The zero-order chi connectivity index (χ0) is 22.1. The Labute approximate surface area is 187 Å². The summed E-state index contributed by atoms with van der Waals surface area (Å²) in [7, 11) is 0. The van der Waals surface area contributed by atoms with Gasteiger partial charge in [0.05, 0.1) is 21.8 Å². The quantitative estimate of drug-likeness (QED) is 0.440. The van der Waals surface area contributed by atoms with Crippen LogP contribution in [0, 0.1) is 0 Å². The van der Waals surface area contributed by atoms with Crippen LogP contribution in [-0.2, 0) is 12.5 Å². The number of carboxylic acid groups (broad SMARTS) is 1. The summed E-state index contributed by atoms with van der Waals surface area (Å²) < 4.78 is 7.83. The molecule has 1 amide bonds. The van der Waals surface area contributed by atoms with E-state index in [9.17, 15) is 9.59 Å². The first-order valence-electron chi connectivity index (χ1n) is 8.22. The lowest BCUT2D eigenvalue weighted by Gasteiger charge is -2.14. The van der Waals surface area contributed by atoms with E-state index in [-0.39, 0.29) is 16.1 Å². The number of nitrogens with one attached hydrogen (secondary N) is 2. The Balaban J connectivity index is 0.00000155. The minimum absolute atomic E-state index is 0.120. The normalized spacial score (nSPS) is 9.67. The summed E-state index contributed by atoms with van der Waals surface area (Å²) in [4.78, 5) is 29.1. The summed E-state index contributed by atoms with van der Waals surface area (Å²) in [5, 5.41) is 12.4. The van der Waals surface area contributed by atoms with Crippen LogP contribution >= 0.6 is 23.2 Å². The monoisotopic (exact) mass is 464 g/mol. The van der Waals surface area contributed by atoms with Crippen LogP contribution < -0.4 is 15.6 Å². The highest BCUT2D eigenvalue weighted by molar-refractivity contribution is 7.44. The molecule has 0 bridgehead atoms. The molecule has 0 aliphatic heterocycles. The summed E-state index contributed by atoms with van der Waals surface area (Å²) in [5.74, 6) is -1.02. The van der Waals surface area contributed by atoms with Gasteiger partial charge in [-0.3, -0.25) is 4.79 Å². The van der Waals surface area contributed by atoms with E-state index in [1.165, 1.54) is 24.3 Å². The van der Waals surface area contributed by atoms with Gasteiger partial charge in [0.25, 0.3) is 5.91 Å². The number of hydrogen-bond donors (Lipinski definition) is 3. The zero-order valence-corrected chi connectivity index (χ0v) is 17.4. The summed E-state index contributed by atoms with van der Waals surface area (Å²) in [5.41, 5.74) is 3.81.